The summed E-state index contributed by atoms with van der Waals surface area (Å²) >= 11 is 1.50. The van der Waals surface area contributed by atoms with Gasteiger partial charge in [-0.25, -0.2) is 13.9 Å². The molecule has 1 heterocycles. The number of carbonyl (C=O) groups excluding carboxylic acids is 1. The molecule has 1 unspecified atom stereocenters. The first-order chi connectivity index (χ1) is 14.5. The van der Waals surface area contributed by atoms with E-state index in [0.29, 0.717) is 12.4 Å². The molecule has 168 valence electrons. The molecule has 1 fully saturated rings. The van der Waals surface area contributed by atoms with Gasteiger partial charge in [-0.15, -0.1) is 0 Å². The summed E-state index contributed by atoms with van der Waals surface area (Å²) in [6.45, 7) is 8.10. The average molecular weight is 465 g/mol. The molecule has 0 aliphatic carbocycles. The molecule has 2 aromatic carbocycles. The summed E-state index contributed by atoms with van der Waals surface area (Å²) in [6.07, 6.45) is 0. The van der Waals surface area contributed by atoms with Crippen LogP contribution < -0.4 is 10.2 Å². The van der Waals surface area contributed by atoms with Gasteiger partial charge in [0.15, 0.2) is 0 Å². The minimum Gasteiger partial charge on any atom is -0.489 e. The van der Waals surface area contributed by atoms with Gasteiger partial charge in [-0.05, 0) is 68.7 Å². The summed E-state index contributed by atoms with van der Waals surface area (Å²) in [4.78, 5) is 12.4. The van der Waals surface area contributed by atoms with Crippen molar-refractivity contribution >= 4 is 27.7 Å². The number of amides is 1. The third-order valence-corrected chi connectivity index (χ3v) is 8.45. The monoisotopic (exact) mass is 464 g/mol. The van der Waals surface area contributed by atoms with E-state index in [4.69, 9.17) is 9.94 Å². The molecule has 1 aliphatic heterocycles. The van der Waals surface area contributed by atoms with E-state index in [1.807, 2.05) is 26.0 Å². The van der Waals surface area contributed by atoms with E-state index >= 15 is 0 Å². The number of sulfonamides is 1. The van der Waals surface area contributed by atoms with Crippen molar-refractivity contribution in [3.8, 4) is 5.75 Å². The van der Waals surface area contributed by atoms with Gasteiger partial charge in [0.25, 0.3) is 5.91 Å². The van der Waals surface area contributed by atoms with Crippen LogP contribution in [-0.4, -0.2) is 46.9 Å². The Kier molecular flexibility index (Phi) is 7.00. The topological polar surface area (TPSA) is 95.9 Å². The van der Waals surface area contributed by atoms with Gasteiger partial charge in [0.2, 0.25) is 10.0 Å². The number of hydrogen-bond acceptors (Lipinski definition) is 6. The van der Waals surface area contributed by atoms with Crippen LogP contribution in [0.2, 0.25) is 0 Å². The predicted molar refractivity (Wildman–Crippen MR) is 121 cm³/mol. The minimum absolute atomic E-state index is 0.0982. The van der Waals surface area contributed by atoms with Gasteiger partial charge in [0, 0.05) is 17.0 Å². The number of carbonyl (C=O) groups is 1. The zero-order valence-electron chi connectivity index (χ0n) is 18.1. The number of hydrogen-bond donors (Lipinski definition) is 2. The van der Waals surface area contributed by atoms with Gasteiger partial charge in [-0.3, -0.25) is 10.0 Å². The highest BCUT2D eigenvalue weighted by Gasteiger charge is 2.48. The number of thioether (sulfide) groups is 1. The van der Waals surface area contributed by atoms with Crippen molar-refractivity contribution in [3.63, 3.8) is 0 Å². The van der Waals surface area contributed by atoms with E-state index in [9.17, 15) is 13.2 Å². The quantitative estimate of drug-likeness (QED) is 0.503. The van der Waals surface area contributed by atoms with Crippen LogP contribution in [-0.2, 0) is 21.4 Å². The Hall–Kier alpha value is -2.07. The summed E-state index contributed by atoms with van der Waals surface area (Å²) in [5.41, 5.74) is 4.67. The average Bonchev–Trinajstić information content (AvgIpc) is 2.70. The predicted octanol–water partition coefficient (Wildman–Crippen LogP) is 3.27. The Morgan fingerprint density at radius 3 is 2.39 bits per heavy atom. The lowest BCUT2D eigenvalue weighted by Gasteiger charge is -2.43. The van der Waals surface area contributed by atoms with Gasteiger partial charge in [0.1, 0.15) is 18.4 Å². The van der Waals surface area contributed by atoms with E-state index in [2.05, 4.69) is 6.07 Å². The molecule has 0 spiro atoms. The zero-order valence-corrected chi connectivity index (χ0v) is 19.7. The maximum absolute atomic E-state index is 13.3. The molecule has 31 heavy (non-hydrogen) atoms. The van der Waals surface area contributed by atoms with Crippen molar-refractivity contribution in [2.45, 2.75) is 50.0 Å². The van der Waals surface area contributed by atoms with Crippen LogP contribution in [0.15, 0.2) is 47.4 Å². The summed E-state index contributed by atoms with van der Waals surface area (Å²) in [7, 11) is -3.93. The van der Waals surface area contributed by atoms with E-state index in [0.717, 1.165) is 22.4 Å². The van der Waals surface area contributed by atoms with Crippen molar-refractivity contribution in [1.29, 1.82) is 0 Å². The Morgan fingerprint density at radius 1 is 1.19 bits per heavy atom. The zero-order chi connectivity index (χ0) is 22.8. The second-order valence-corrected chi connectivity index (χ2v) is 11.8. The van der Waals surface area contributed by atoms with Crippen LogP contribution in [0.3, 0.4) is 0 Å². The van der Waals surface area contributed by atoms with Crippen molar-refractivity contribution in [2.75, 3.05) is 12.3 Å². The molecule has 1 saturated heterocycles. The molecule has 0 radical (unpaired) electrons. The molecule has 0 saturated carbocycles. The van der Waals surface area contributed by atoms with Crippen LogP contribution in [0.1, 0.15) is 30.5 Å². The molecule has 7 nitrogen and oxygen atoms in total. The second kappa shape index (κ2) is 9.20. The fourth-order valence-electron chi connectivity index (χ4n) is 3.80. The van der Waals surface area contributed by atoms with Crippen LogP contribution in [0.5, 0.6) is 5.75 Å². The molecule has 9 heteroatoms. The number of benzene rings is 2. The number of nitrogens with zero attached hydrogens (tertiary/aromatic N) is 1. The minimum atomic E-state index is -3.93. The molecule has 3 rings (SSSR count). The highest BCUT2D eigenvalue weighted by atomic mass is 32.2. The summed E-state index contributed by atoms with van der Waals surface area (Å²) < 4.78 is 32.9. The van der Waals surface area contributed by atoms with Crippen molar-refractivity contribution in [1.82, 2.24) is 9.79 Å². The maximum Gasteiger partial charge on any atom is 0.263 e. The molecule has 1 amide bonds. The Labute approximate surface area is 187 Å². The Balaban J connectivity index is 1.79. The molecule has 0 aromatic heterocycles. The fourth-order valence-corrected chi connectivity index (χ4v) is 6.90. The standard InChI is InChI=1S/C22H28N2O5S2/c1-15-11-16(2)13-18(12-15)29-14-17-5-7-19(8-6-17)31(27,28)24-9-10-30-22(3,4)20(24)21(25)23-26/h5-8,11-13,20,26H,9-10,14H2,1-4H3,(H,23,25). The third-order valence-electron chi connectivity index (χ3n) is 5.22. The first-order valence-corrected chi connectivity index (χ1v) is 12.4. The lowest BCUT2D eigenvalue weighted by atomic mass is 10.0. The van der Waals surface area contributed by atoms with Crippen molar-refractivity contribution < 1.29 is 23.2 Å². The third kappa shape index (κ3) is 5.23. The number of aryl methyl sites for hydroxylation is 2. The molecule has 2 N–H and O–H groups in total. The normalized spacial score (nSPS) is 19.1. The van der Waals surface area contributed by atoms with E-state index in [1.165, 1.54) is 28.2 Å². The fraction of sp³-hybridized carbons (Fsp3) is 0.409. The summed E-state index contributed by atoms with van der Waals surface area (Å²) in [6, 6.07) is 11.4. The molecular weight excluding hydrogens is 436 g/mol. The van der Waals surface area contributed by atoms with Crippen LogP contribution in [0, 0.1) is 13.8 Å². The number of ether oxygens (including phenoxy) is 1. The largest absolute Gasteiger partial charge is 0.489 e. The number of nitrogens with one attached hydrogen (secondary N) is 1. The first kappa shape index (κ1) is 23.6. The molecule has 1 aliphatic rings. The van der Waals surface area contributed by atoms with Gasteiger partial charge in [-0.1, -0.05) is 18.2 Å². The molecule has 2 aromatic rings. The van der Waals surface area contributed by atoms with E-state index in [-0.39, 0.29) is 11.4 Å². The molecule has 0 bridgehead atoms. The van der Waals surface area contributed by atoms with Crippen LogP contribution >= 0.6 is 11.8 Å². The first-order valence-electron chi connectivity index (χ1n) is 9.94. The number of hydroxylamine groups is 1. The van der Waals surface area contributed by atoms with Crippen LogP contribution in [0.4, 0.5) is 0 Å². The highest BCUT2D eigenvalue weighted by Crippen LogP contribution is 2.38. The molecular formula is C22H28N2O5S2. The van der Waals surface area contributed by atoms with Gasteiger partial charge < -0.3 is 4.74 Å². The SMILES string of the molecule is Cc1cc(C)cc(OCc2ccc(S(=O)(=O)N3CCSC(C)(C)C3C(=O)NO)cc2)c1. The van der Waals surface area contributed by atoms with Crippen LogP contribution in [0.25, 0.3) is 0 Å². The lowest BCUT2D eigenvalue weighted by molar-refractivity contribution is -0.134. The van der Waals surface area contributed by atoms with Crippen molar-refractivity contribution in [3.05, 3.63) is 59.2 Å². The van der Waals surface area contributed by atoms with Gasteiger partial charge >= 0.3 is 0 Å². The smallest absolute Gasteiger partial charge is 0.263 e. The van der Waals surface area contributed by atoms with Gasteiger partial charge in [0.05, 0.1) is 4.90 Å². The lowest BCUT2D eigenvalue weighted by Crippen LogP contribution is -2.61. The molecule has 1 atom stereocenters. The summed E-state index contributed by atoms with van der Waals surface area (Å²) in [5.74, 6) is 0.586. The number of rotatable bonds is 6. The van der Waals surface area contributed by atoms with E-state index < -0.39 is 26.7 Å². The Morgan fingerprint density at radius 2 is 1.81 bits per heavy atom. The highest BCUT2D eigenvalue weighted by molar-refractivity contribution is 8.00. The second-order valence-electron chi connectivity index (χ2n) is 8.20. The van der Waals surface area contributed by atoms with E-state index in [1.54, 1.807) is 31.5 Å². The van der Waals surface area contributed by atoms with Crippen molar-refractivity contribution in [2.24, 2.45) is 0 Å². The Bertz CT molecular complexity index is 1030. The van der Waals surface area contributed by atoms with Gasteiger partial charge in [-0.2, -0.15) is 16.1 Å². The summed E-state index contributed by atoms with van der Waals surface area (Å²) in [5, 5.41) is 9.15. The maximum atomic E-state index is 13.3.